The van der Waals surface area contributed by atoms with E-state index in [0.29, 0.717) is 22.6 Å². The van der Waals surface area contributed by atoms with Crippen molar-refractivity contribution < 1.29 is 8.42 Å². The van der Waals surface area contributed by atoms with Crippen molar-refractivity contribution in [3.8, 4) is 0 Å². The Hall–Kier alpha value is -0.590. The minimum absolute atomic E-state index is 0.111. The first kappa shape index (κ1) is 16.5. The third-order valence-electron chi connectivity index (χ3n) is 3.53. The van der Waals surface area contributed by atoms with Crippen LogP contribution in [0.4, 0.5) is 5.69 Å². The topological polar surface area (TPSA) is 72.2 Å². The summed E-state index contributed by atoms with van der Waals surface area (Å²) in [7, 11) is -3.56. The molecule has 0 aliphatic heterocycles. The van der Waals surface area contributed by atoms with Crippen LogP contribution in [0.2, 0.25) is 0 Å². The van der Waals surface area contributed by atoms with E-state index >= 15 is 0 Å². The van der Waals surface area contributed by atoms with Crippen LogP contribution in [-0.4, -0.2) is 15.0 Å². The van der Waals surface area contributed by atoms with Gasteiger partial charge in [0.05, 0.1) is 4.90 Å². The third kappa shape index (κ3) is 4.19. The number of halogens is 1. The van der Waals surface area contributed by atoms with Crippen molar-refractivity contribution in [2.24, 2.45) is 11.3 Å². The Morgan fingerprint density at radius 3 is 2.47 bits per heavy atom. The molecule has 0 unspecified atom stereocenters. The number of hydrogen-bond donors (Lipinski definition) is 2. The molecule has 0 spiro atoms. The number of sulfonamides is 1. The number of anilines is 1. The molecule has 3 N–H and O–H groups in total. The van der Waals surface area contributed by atoms with E-state index in [1.165, 1.54) is 6.07 Å². The number of rotatable bonds is 5. The molecule has 0 fully saturated rings. The second kappa shape index (κ2) is 5.81. The molecule has 0 atom stereocenters. The first-order valence-corrected chi connectivity index (χ1v) is 8.38. The summed E-state index contributed by atoms with van der Waals surface area (Å²) in [5.74, 6) is 0.375. The second-order valence-electron chi connectivity index (χ2n) is 5.66. The molecule has 1 rings (SSSR count). The van der Waals surface area contributed by atoms with Gasteiger partial charge in [-0.25, -0.2) is 13.1 Å². The van der Waals surface area contributed by atoms with Gasteiger partial charge < -0.3 is 5.73 Å². The fourth-order valence-corrected chi connectivity index (χ4v) is 3.51. The summed E-state index contributed by atoms with van der Waals surface area (Å²) in [4.78, 5) is 0.173. The van der Waals surface area contributed by atoms with Gasteiger partial charge in [-0.2, -0.15) is 0 Å². The van der Waals surface area contributed by atoms with E-state index in [1.54, 1.807) is 12.1 Å². The van der Waals surface area contributed by atoms with E-state index in [0.717, 1.165) is 0 Å². The average Bonchev–Trinajstić information content (AvgIpc) is 2.30. The highest BCUT2D eigenvalue weighted by Gasteiger charge is 2.26. The number of nitrogens with two attached hydrogens (primary N) is 1. The number of hydrogen-bond acceptors (Lipinski definition) is 3. The van der Waals surface area contributed by atoms with Gasteiger partial charge in [-0.05, 0) is 45.5 Å². The molecule has 0 amide bonds. The summed E-state index contributed by atoms with van der Waals surface area (Å²) in [5, 5.41) is 0. The fraction of sp³-hybridized carbons (Fsp3) is 0.538. The first-order valence-electron chi connectivity index (χ1n) is 6.11. The Morgan fingerprint density at radius 2 is 1.95 bits per heavy atom. The summed E-state index contributed by atoms with van der Waals surface area (Å²) >= 11 is 3.24. The van der Waals surface area contributed by atoms with Gasteiger partial charge in [-0.15, -0.1) is 0 Å². The summed E-state index contributed by atoms with van der Waals surface area (Å²) in [5.41, 5.74) is 5.95. The second-order valence-corrected chi connectivity index (χ2v) is 8.25. The molecule has 1 aromatic carbocycles. The van der Waals surface area contributed by atoms with E-state index in [9.17, 15) is 8.42 Å². The fourth-order valence-electron chi connectivity index (χ4n) is 1.29. The zero-order valence-electron chi connectivity index (χ0n) is 11.7. The van der Waals surface area contributed by atoms with Gasteiger partial charge in [0.1, 0.15) is 0 Å². The largest absolute Gasteiger partial charge is 0.399 e. The summed E-state index contributed by atoms with van der Waals surface area (Å²) in [6, 6.07) is 4.74. The Kier molecular flexibility index (Phi) is 5.03. The molecule has 19 heavy (non-hydrogen) atoms. The SMILES string of the molecule is CC(C)C(C)(C)CNS(=O)(=O)c1cc(N)ccc1Br. The van der Waals surface area contributed by atoms with Crippen LogP contribution in [0.25, 0.3) is 0 Å². The standard InChI is InChI=1S/C13H21BrN2O2S/c1-9(2)13(3,4)8-16-19(17,18)12-7-10(15)5-6-11(12)14/h5-7,9,16H,8,15H2,1-4H3. The van der Waals surface area contributed by atoms with Crippen molar-refractivity contribution in [2.75, 3.05) is 12.3 Å². The molecule has 0 saturated heterocycles. The van der Waals surface area contributed by atoms with Crippen molar-refractivity contribution >= 4 is 31.6 Å². The average molecular weight is 349 g/mol. The predicted molar refractivity (Wildman–Crippen MR) is 82.4 cm³/mol. The van der Waals surface area contributed by atoms with E-state index in [2.05, 4.69) is 34.5 Å². The van der Waals surface area contributed by atoms with Crippen LogP contribution in [0, 0.1) is 11.3 Å². The lowest BCUT2D eigenvalue weighted by Crippen LogP contribution is -2.37. The molecule has 1 aromatic rings. The third-order valence-corrected chi connectivity index (χ3v) is 5.92. The molecule has 0 aliphatic carbocycles. The molecular weight excluding hydrogens is 328 g/mol. The van der Waals surface area contributed by atoms with Crippen LogP contribution in [-0.2, 0) is 10.0 Å². The highest BCUT2D eigenvalue weighted by Crippen LogP contribution is 2.27. The lowest BCUT2D eigenvalue weighted by molar-refractivity contribution is 0.252. The maximum Gasteiger partial charge on any atom is 0.241 e. The molecule has 0 aromatic heterocycles. The van der Waals surface area contributed by atoms with Crippen molar-refractivity contribution in [3.63, 3.8) is 0 Å². The van der Waals surface area contributed by atoms with Crippen LogP contribution in [0.5, 0.6) is 0 Å². The predicted octanol–water partition coefficient (Wildman–Crippen LogP) is 2.99. The van der Waals surface area contributed by atoms with Crippen molar-refractivity contribution in [2.45, 2.75) is 32.6 Å². The van der Waals surface area contributed by atoms with Crippen LogP contribution < -0.4 is 10.5 Å². The zero-order chi connectivity index (χ0) is 14.8. The number of nitrogen functional groups attached to an aromatic ring is 1. The lowest BCUT2D eigenvalue weighted by Gasteiger charge is -2.29. The maximum absolute atomic E-state index is 12.3. The normalized spacial score (nSPS) is 12.9. The summed E-state index contributed by atoms with van der Waals surface area (Å²) in [6.07, 6.45) is 0. The minimum Gasteiger partial charge on any atom is -0.399 e. The van der Waals surface area contributed by atoms with Gasteiger partial charge in [0.2, 0.25) is 10.0 Å². The van der Waals surface area contributed by atoms with Gasteiger partial charge in [0.25, 0.3) is 0 Å². The van der Waals surface area contributed by atoms with Crippen molar-refractivity contribution in [1.29, 1.82) is 0 Å². The Labute approximate surface area is 124 Å². The smallest absolute Gasteiger partial charge is 0.241 e. The number of nitrogens with one attached hydrogen (secondary N) is 1. The molecule has 0 heterocycles. The molecule has 4 nitrogen and oxygen atoms in total. The van der Waals surface area contributed by atoms with E-state index in [1.807, 2.05) is 13.8 Å². The highest BCUT2D eigenvalue weighted by atomic mass is 79.9. The molecule has 6 heteroatoms. The van der Waals surface area contributed by atoms with Crippen LogP contribution in [0.15, 0.2) is 27.6 Å². The highest BCUT2D eigenvalue weighted by molar-refractivity contribution is 9.10. The Bertz CT molecular complexity index is 554. The molecule has 0 radical (unpaired) electrons. The number of benzene rings is 1. The molecule has 0 bridgehead atoms. The van der Waals surface area contributed by atoms with E-state index < -0.39 is 10.0 Å². The molecular formula is C13H21BrN2O2S. The Balaban J connectivity index is 2.97. The van der Waals surface area contributed by atoms with Gasteiger partial charge in [-0.3, -0.25) is 0 Å². The van der Waals surface area contributed by atoms with Crippen molar-refractivity contribution in [3.05, 3.63) is 22.7 Å². The maximum atomic E-state index is 12.3. The van der Waals surface area contributed by atoms with E-state index in [-0.39, 0.29) is 10.3 Å². The molecule has 0 aliphatic rings. The molecule has 108 valence electrons. The quantitative estimate of drug-likeness (QED) is 0.803. The van der Waals surface area contributed by atoms with Crippen LogP contribution >= 0.6 is 15.9 Å². The van der Waals surface area contributed by atoms with Gasteiger partial charge in [0.15, 0.2) is 0 Å². The molecule has 0 saturated carbocycles. The monoisotopic (exact) mass is 348 g/mol. The minimum atomic E-state index is -3.56. The van der Waals surface area contributed by atoms with Gasteiger partial charge in [0, 0.05) is 16.7 Å². The van der Waals surface area contributed by atoms with E-state index in [4.69, 9.17) is 5.73 Å². The van der Waals surface area contributed by atoms with Gasteiger partial charge in [-0.1, -0.05) is 27.7 Å². The zero-order valence-corrected chi connectivity index (χ0v) is 14.1. The van der Waals surface area contributed by atoms with Crippen molar-refractivity contribution in [1.82, 2.24) is 4.72 Å². The van der Waals surface area contributed by atoms with Crippen LogP contribution in [0.3, 0.4) is 0 Å². The van der Waals surface area contributed by atoms with Crippen LogP contribution in [0.1, 0.15) is 27.7 Å². The lowest BCUT2D eigenvalue weighted by atomic mass is 9.81. The first-order chi connectivity index (χ1) is 8.56. The summed E-state index contributed by atoms with van der Waals surface area (Å²) in [6.45, 7) is 8.60. The summed E-state index contributed by atoms with van der Waals surface area (Å²) < 4.78 is 27.7. The van der Waals surface area contributed by atoms with Gasteiger partial charge >= 0.3 is 0 Å². The Morgan fingerprint density at radius 1 is 1.37 bits per heavy atom.